The van der Waals surface area contributed by atoms with Gasteiger partial charge >= 0.3 is 0 Å². The van der Waals surface area contributed by atoms with E-state index in [0.717, 1.165) is 63.0 Å². The Kier molecular flexibility index (Phi) is 4.12. The summed E-state index contributed by atoms with van der Waals surface area (Å²) in [5.74, 6) is 3.00. The van der Waals surface area contributed by atoms with Crippen LogP contribution in [0.5, 0.6) is 0 Å². The highest BCUT2D eigenvalue weighted by molar-refractivity contribution is 5.83. The van der Waals surface area contributed by atoms with Crippen molar-refractivity contribution in [2.24, 2.45) is 10.8 Å². The van der Waals surface area contributed by atoms with E-state index in [2.05, 4.69) is 20.9 Å². The lowest BCUT2D eigenvalue weighted by Crippen LogP contribution is -2.74. The fraction of sp³-hybridized carbons (Fsp3) is 0.560. The molecule has 0 bridgehead atoms. The first-order chi connectivity index (χ1) is 15.7. The molecule has 1 amide bonds. The first-order valence-electron chi connectivity index (χ1n) is 11.8. The van der Waals surface area contributed by atoms with Crippen molar-refractivity contribution in [3.8, 4) is 6.07 Å². The molecule has 6 rings (SSSR count). The van der Waals surface area contributed by atoms with Gasteiger partial charge in [0, 0.05) is 60.7 Å². The summed E-state index contributed by atoms with van der Waals surface area (Å²) in [5.41, 5.74) is 1.79. The van der Waals surface area contributed by atoms with E-state index >= 15 is 0 Å². The third-order valence-electron chi connectivity index (χ3n) is 7.85. The second-order valence-corrected chi connectivity index (χ2v) is 11.4. The molecule has 2 aromatic heterocycles. The Labute approximate surface area is 194 Å². The Balaban J connectivity index is 1.27. The van der Waals surface area contributed by atoms with E-state index in [9.17, 15) is 10.1 Å². The quantitative estimate of drug-likeness (QED) is 0.705. The number of amides is 1. The van der Waals surface area contributed by atoms with Crippen LogP contribution < -0.4 is 9.80 Å². The van der Waals surface area contributed by atoms with Crippen LogP contribution >= 0.6 is 0 Å². The molecular formula is C25H29N7O. The zero-order valence-corrected chi connectivity index (χ0v) is 19.5. The predicted octanol–water partition coefficient (Wildman–Crippen LogP) is 3.01. The number of fused-ring (bicyclic) bond motifs is 2. The number of rotatable bonds is 2. The summed E-state index contributed by atoms with van der Waals surface area (Å²) in [5, 5.41) is 9.34. The number of carbonyl (C=O) groups is 1. The van der Waals surface area contributed by atoms with E-state index in [1.807, 2.05) is 31.7 Å². The molecule has 5 heterocycles. The highest BCUT2D eigenvalue weighted by atomic mass is 16.2. The van der Waals surface area contributed by atoms with Crippen LogP contribution in [0.4, 0.5) is 17.5 Å². The smallest absolute Gasteiger partial charge is 0.227 e. The third-order valence-corrected chi connectivity index (χ3v) is 7.85. The number of pyridine rings is 1. The van der Waals surface area contributed by atoms with Gasteiger partial charge in [-0.2, -0.15) is 5.26 Å². The number of nitrogens with zero attached hydrogens (tertiary/aromatic N) is 7. The Morgan fingerprint density at radius 1 is 1.06 bits per heavy atom. The molecule has 0 radical (unpaired) electrons. The molecule has 1 saturated carbocycles. The van der Waals surface area contributed by atoms with Gasteiger partial charge in [0.15, 0.2) is 0 Å². The van der Waals surface area contributed by atoms with Crippen LogP contribution in [0.1, 0.15) is 51.2 Å². The van der Waals surface area contributed by atoms with Crippen molar-refractivity contribution >= 4 is 23.4 Å². The van der Waals surface area contributed by atoms with Gasteiger partial charge in [0.25, 0.3) is 0 Å². The van der Waals surface area contributed by atoms with Gasteiger partial charge in [-0.15, -0.1) is 0 Å². The second kappa shape index (κ2) is 6.66. The van der Waals surface area contributed by atoms with E-state index in [0.29, 0.717) is 5.56 Å². The van der Waals surface area contributed by atoms with Gasteiger partial charge in [-0.3, -0.25) is 4.79 Å². The molecule has 170 valence electrons. The van der Waals surface area contributed by atoms with Gasteiger partial charge < -0.3 is 14.7 Å². The normalized spacial score (nSPS) is 21.8. The van der Waals surface area contributed by atoms with E-state index in [-0.39, 0.29) is 22.2 Å². The van der Waals surface area contributed by atoms with Gasteiger partial charge in [-0.25, -0.2) is 15.0 Å². The summed E-state index contributed by atoms with van der Waals surface area (Å²) in [7, 11) is 0. The molecule has 0 aromatic carbocycles. The van der Waals surface area contributed by atoms with Crippen LogP contribution in [0.15, 0.2) is 24.7 Å². The maximum absolute atomic E-state index is 12.6. The molecule has 4 aliphatic rings. The molecule has 3 aliphatic heterocycles. The van der Waals surface area contributed by atoms with E-state index in [1.54, 1.807) is 18.6 Å². The molecule has 2 aromatic rings. The molecule has 1 aliphatic carbocycles. The van der Waals surface area contributed by atoms with Crippen molar-refractivity contribution in [2.75, 3.05) is 42.5 Å². The lowest BCUT2D eigenvalue weighted by Gasteiger charge is -2.61. The number of hydrogen-bond donors (Lipinski definition) is 0. The van der Waals surface area contributed by atoms with Crippen LogP contribution in [-0.4, -0.2) is 58.5 Å². The fourth-order valence-corrected chi connectivity index (χ4v) is 6.07. The number of likely N-dealkylation sites (tertiary alicyclic amines) is 1. The molecule has 3 fully saturated rings. The van der Waals surface area contributed by atoms with Crippen molar-refractivity contribution < 1.29 is 4.79 Å². The number of hydrogen-bond acceptors (Lipinski definition) is 7. The molecule has 8 heteroatoms. The Morgan fingerprint density at radius 3 is 2.42 bits per heavy atom. The molecule has 0 unspecified atom stereocenters. The van der Waals surface area contributed by atoms with Crippen LogP contribution in [0, 0.1) is 22.2 Å². The Morgan fingerprint density at radius 2 is 1.79 bits per heavy atom. The molecule has 2 spiro atoms. The fourth-order valence-electron chi connectivity index (χ4n) is 6.07. The molecule has 2 saturated heterocycles. The number of carbonyl (C=O) groups excluding carboxylic acids is 1. The summed E-state index contributed by atoms with van der Waals surface area (Å²) in [6.45, 7) is 10.4. The van der Waals surface area contributed by atoms with Crippen LogP contribution in [-0.2, 0) is 10.2 Å². The summed E-state index contributed by atoms with van der Waals surface area (Å²) < 4.78 is 0. The molecule has 33 heavy (non-hydrogen) atoms. The van der Waals surface area contributed by atoms with Gasteiger partial charge in [0.1, 0.15) is 23.8 Å². The van der Waals surface area contributed by atoms with Gasteiger partial charge in [-0.1, -0.05) is 27.2 Å². The average Bonchev–Trinajstić information content (AvgIpc) is 3.08. The van der Waals surface area contributed by atoms with Gasteiger partial charge in [-0.05, 0) is 25.0 Å². The molecular weight excluding hydrogens is 414 g/mol. The average molecular weight is 444 g/mol. The Hall–Kier alpha value is -3.21. The highest BCUT2D eigenvalue weighted by Crippen LogP contribution is 2.57. The third kappa shape index (κ3) is 2.94. The van der Waals surface area contributed by atoms with Crippen LogP contribution in [0.2, 0.25) is 0 Å². The lowest BCUT2D eigenvalue weighted by molar-refractivity contribution is -0.153. The van der Waals surface area contributed by atoms with Crippen molar-refractivity contribution in [2.45, 2.75) is 45.4 Å². The Bertz CT molecular complexity index is 1180. The molecule has 0 N–H and O–H groups in total. The first kappa shape index (κ1) is 20.4. The first-order valence-corrected chi connectivity index (χ1v) is 11.8. The molecule has 0 atom stereocenters. The van der Waals surface area contributed by atoms with E-state index in [4.69, 9.17) is 9.97 Å². The van der Waals surface area contributed by atoms with E-state index in [1.165, 1.54) is 12.0 Å². The topological polar surface area (TPSA) is 89.3 Å². The van der Waals surface area contributed by atoms with Crippen molar-refractivity contribution in [3.63, 3.8) is 0 Å². The SMILES string of the molecule is CC(C)(C)C(=O)N1CC2(C1)CN(c1ncnc3c1C1(CCC1)CN3c1cc(C#N)ccn1)C2. The monoisotopic (exact) mass is 443 g/mol. The summed E-state index contributed by atoms with van der Waals surface area (Å²) in [4.78, 5) is 33.2. The van der Waals surface area contributed by atoms with Crippen molar-refractivity contribution in [1.82, 2.24) is 19.9 Å². The predicted molar refractivity (Wildman–Crippen MR) is 124 cm³/mol. The van der Waals surface area contributed by atoms with Crippen LogP contribution in [0.25, 0.3) is 0 Å². The van der Waals surface area contributed by atoms with Crippen molar-refractivity contribution in [3.05, 3.63) is 35.8 Å². The van der Waals surface area contributed by atoms with Crippen molar-refractivity contribution in [1.29, 1.82) is 5.26 Å². The lowest BCUT2D eigenvalue weighted by atomic mass is 9.65. The standard InChI is InChI=1S/C25H29N7O/c1-23(2,3)22(33)31-13-24(14-31)11-30(12-24)20-19-21(29-16-28-20)32(15-25(19)6-4-7-25)18-9-17(10-26)5-8-27-18/h5,8-9,16H,4,6-7,11-15H2,1-3H3. The minimum Gasteiger partial charge on any atom is -0.355 e. The minimum atomic E-state index is -0.324. The minimum absolute atomic E-state index is 0.0624. The maximum atomic E-state index is 12.6. The summed E-state index contributed by atoms with van der Waals surface area (Å²) in [6.07, 6.45) is 6.82. The zero-order chi connectivity index (χ0) is 23.0. The summed E-state index contributed by atoms with van der Waals surface area (Å²) >= 11 is 0. The van der Waals surface area contributed by atoms with E-state index < -0.39 is 0 Å². The van der Waals surface area contributed by atoms with Crippen LogP contribution in [0.3, 0.4) is 0 Å². The number of nitriles is 1. The summed E-state index contributed by atoms with van der Waals surface area (Å²) in [6, 6.07) is 5.80. The molecule has 8 nitrogen and oxygen atoms in total. The number of aromatic nitrogens is 3. The van der Waals surface area contributed by atoms with Gasteiger partial charge in [0.05, 0.1) is 11.6 Å². The largest absolute Gasteiger partial charge is 0.355 e. The number of anilines is 3. The maximum Gasteiger partial charge on any atom is 0.227 e. The highest BCUT2D eigenvalue weighted by Gasteiger charge is 2.57. The van der Waals surface area contributed by atoms with Gasteiger partial charge in [0.2, 0.25) is 5.91 Å². The zero-order valence-electron chi connectivity index (χ0n) is 19.5. The second-order valence-electron chi connectivity index (χ2n) is 11.4.